The average Bonchev–Trinajstić information content (AvgIpc) is 2.73. The van der Waals surface area contributed by atoms with E-state index in [1.54, 1.807) is 0 Å². The van der Waals surface area contributed by atoms with Crippen molar-refractivity contribution >= 4 is 5.97 Å². The highest BCUT2D eigenvalue weighted by Gasteiger charge is 2.74. The second kappa shape index (κ2) is 3.46. The Labute approximate surface area is 90.8 Å². The molecule has 1 aliphatic heterocycles. The minimum atomic E-state index is -0.232. The molecule has 0 bridgehead atoms. The third kappa shape index (κ3) is 1.47. The minimum absolute atomic E-state index is 0.0435. The van der Waals surface area contributed by atoms with E-state index in [-0.39, 0.29) is 16.8 Å². The molecule has 2 atom stereocenters. The Bertz CT molecular complexity index is 280. The molecule has 2 rings (SSSR count). The van der Waals surface area contributed by atoms with Crippen molar-refractivity contribution in [3.63, 3.8) is 0 Å². The Kier molecular flexibility index (Phi) is 2.51. The number of esters is 1. The summed E-state index contributed by atoms with van der Waals surface area (Å²) in [6.07, 6.45) is 0.972. The molecule has 15 heavy (non-hydrogen) atoms. The number of ether oxygens (including phenoxy) is 1. The maximum absolute atomic E-state index is 11.7. The van der Waals surface area contributed by atoms with Gasteiger partial charge in [0.05, 0.1) is 12.5 Å². The van der Waals surface area contributed by atoms with Gasteiger partial charge in [0.1, 0.15) is 0 Å². The Morgan fingerprint density at radius 2 is 2.27 bits per heavy atom. The topological polar surface area (TPSA) is 50.4 Å². The van der Waals surface area contributed by atoms with Crippen LogP contribution in [0.4, 0.5) is 0 Å². The average molecular weight is 212 g/mol. The van der Waals surface area contributed by atoms with Gasteiger partial charge >= 0.3 is 5.97 Å². The lowest BCUT2D eigenvalue weighted by Crippen LogP contribution is -2.35. The second-order valence-corrected chi connectivity index (χ2v) is 5.17. The van der Waals surface area contributed by atoms with E-state index >= 15 is 0 Å². The van der Waals surface area contributed by atoms with Gasteiger partial charge in [-0.25, -0.2) is 0 Å². The summed E-state index contributed by atoms with van der Waals surface area (Å²) in [6, 6.07) is 0.468. The summed E-state index contributed by atoms with van der Waals surface area (Å²) in [5, 5.41) is 6.73. The maximum atomic E-state index is 11.7. The molecule has 0 radical (unpaired) electrons. The van der Waals surface area contributed by atoms with Crippen molar-refractivity contribution < 1.29 is 9.53 Å². The van der Waals surface area contributed by atoms with Crippen molar-refractivity contribution in [1.82, 2.24) is 10.6 Å². The van der Waals surface area contributed by atoms with Gasteiger partial charge in [0, 0.05) is 31.1 Å². The third-order valence-corrected chi connectivity index (χ3v) is 3.85. The van der Waals surface area contributed by atoms with Crippen LogP contribution < -0.4 is 10.6 Å². The Hall–Kier alpha value is -0.610. The quantitative estimate of drug-likeness (QED) is 0.651. The van der Waals surface area contributed by atoms with Crippen LogP contribution in [0.25, 0.3) is 0 Å². The van der Waals surface area contributed by atoms with E-state index in [0.717, 1.165) is 26.1 Å². The Morgan fingerprint density at radius 1 is 1.53 bits per heavy atom. The van der Waals surface area contributed by atoms with Crippen LogP contribution in [0, 0.1) is 10.8 Å². The van der Waals surface area contributed by atoms with E-state index in [0.29, 0.717) is 6.04 Å². The van der Waals surface area contributed by atoms with Crippen LogP contribution in [0.5, 0.6) is 0 Å². The first-order chi connectivity index (χ1) is 7.06. The zero-order chi connectivity index (χ0) is 11.1. The molecular weight excluding hydrogens is 192 g/mol. The lowest BCUT2D eigenvalue weighted by Gasteiger charge is -2.17. The van der Waals surface area contributed by atoms with Gasteiger partial charge in [0.15, 0.2) is 0 Å². The summed E-state index contributed by atoms with van der Waals surface area (Å²) in [5.74, 6) is -0.0435. The predicted molar refractivity (Wildman–Crippen MR) is 57.5 cm³/mol. The van der Waals surface area contributed by atoms with Crippen molar-refractivity contribution in [2.45, 2.75) is 26.3 Å². The summed E-state index contributed by atoms with van der Waals surface area (Å²) < 4.78 is 4.90. The number of rotatable bonds is 4. The molecule has 2 N–H and O–H groups in total. The minimum Gasteiger partial charge on any atom is -0.469 e. The molecule has 2 fully saturated rings. The third-order valence-electron chi connectivity index (χ3n) is 3.85. The zero-order valence-corrected chi connectivity index (χ0v) is 9.72. The van der Waals surface area contributed by atoms with Crippen LogP contribution in [-0.2, 0) is 9.53 Å². The SMILES string of the molecule is COC(=O)C12CNCC1(CNC(C)C)C2. The molecule has 86 valence electrons. The summed E-state index contributed by atoms with van der Waals surface area (Å²) in [5.41, 5.74) is -0.117. The first kappa shape index (κ1) is 10.9. The number of carbonyl (C=O) groups excluding carboxylic acids is 1. The standard InChI is InChI=1S/C11H20N2O2/c1-8(2)13-6-10-4-11(10,7-12-5-10)9(14)15-3/h8,12-13H,4-7H2,1-3H3. The monoisotopic (exact) mass is 212 g/mol. The number of carbonyl (C=O) groups is 1. The maximum Gasteiger partial charge on any atom is 0.313 e. The van der Waals surface area contributed by atoms with E-state index in [1.165, 1.54) is 7.11 Å². The van der Waals surface area contributed by atoms with Gasteiger partial charge in [-0.1, -0.05) is 13.8 Å². The van der Waals surface area contributed by atoms with E-state index < -0.39 is 0 Å². The number of hydrogen-bond acceptors (Lipinski definition) is 4. The largest absolute Gasteiger partial charge is 0.469 e. The van der Waals surface area contributed by atoms with Gasteiger partial charge in [-0.15, -0.1) is 0 Å². The number of fused-ring (bicyclic) bond motifs is 1. The lowest BCUT2D eigenvalue weighted by molar-refractivity contribution is -0.147. The fraction of sp³-hybridized carbons (Fsp3) is 0.909. The lowest BCUT2D eigenvalue weighted by atomic mass is 9.96. The highest BCUT2D eigenvalue weighted by atomic mass is 16.5. The molecule has 1 saturated carbocycles. The molecule has 4 nitrogen and oxygen atoms in total. The van der Waals surface area contributed by atoms with Crippen molar-refractivity contribution in [1.29, 1.82) is 0 Å². The second-order valence-electron chi connectivity index (χ2n) is 5.17. The molecule has 1 saturated heterocycles. The normalized spacial score (nSPS) is 37.9. The zero-order valence-electron chi connectivity index (χ0n) is 9.72. The van der Waals surface area contributed by atoms with Gasteiger partial charge in [0.25, 0.3) is 0 Å². The summed E-state index contributed by atoms with van der Waals surface area (Å²) in [4.78, 5) is 11.7. The van der Waals surface area contributed by atoms with Crippen molar-refractivity contribution in [3.8, 4) is 0 Å². The van der Waals surface area contributed by atoms with Gasteiger partial charge in [-0.3, -0.25) is 4.79 Å². The molecule has 0 amide bonds. The van der Waals surface area contributed by atoms with Crippen LogP contribution in [0.15, 0.2) is 0 Å². The Morgan fingerprint density at radius 3 is 2.87 bits per heavy atom. The van der Waals surface area contributed by atoms with E-state index in [2.05, 4.69) is 24.5 Å². The predicted octanol–water partition coefficient (Wildman–Crippen LogP) is 0.137. The van der Waals surface area contributed by atoms with Gasteiger partial charge in [0.2, 0.25) is 0 Å². The van der Waals surface area contributed by atoms with Crippen molar-refractivity contribution in [3.05, 3.63) is 0 Å². The molecular formula is C11H20N2O2. The molecule has 0 aromatic heterocycles. The number of nitrogens with one attached hydrogen (secondary N) is 2. The van der Waals surface area contributed by atoms with Crippen LogP contribution in [0.3, 0.4) is 0 Å². The van der Waals surface area contributed by atoms with E-state index in [1.807, 2.05) is 0 Å². The molecule has 4 heteroatoms. The first-order valence-corrected chi connectivity index (χ1v) is 5.59. The molecule has 2 unspecified atom stereocenters. The summed E-state index contributed by atoms with van der Waals surface area (Å²) in [6.45, 7) is 6.87. The molecule has 1 aliphatic carbocycles. The van der Waals surface area contributed by atoms with Crippen molar-refractivity contribution in [2.75, 3.05) is 26.7 Å². The van der Waals surface area contributed by atoms with Gasteiger partial charge < -0.3 is 15.4 Å². The molecule has 2 aliphatic rings. The number of hydrogen-bond donors (Lipinski definition) is 2. The molecule has 0 aromatic carbocycles. The fourth-order valence-corrected chi connectivity index (χ4v) is 2.78. The Balaban J connectivity index is 2.02. The fourth-order valence-electron chi connectivity index (χ4n) is 2.78. The highest BCUT2D eigenvalue weighted by Crippen LogP contribution is 2.66. The van der Waals surface area contributed by atoms with Crippen LogP contribution in [0.2, 0.25) is 0 Å². The smallest absolute Gasteiger partial charge is 0.313 e. The number of methoxy groups -OCH3 is 1. The molecule has 0 aromatic rings. The van der Waals surface area contributed by atoms with Crippen LogP contribution in [-0.4, -0.2) is 38.8 Å². The van der Waals surface area contributed by atoms with Crippen LogP contribution >= 0.6 is 0 Å². The highest BCUT2D eigenvalue weighted by molar-refractivity contribution is 5.83. The summed E-state index contributed by atoms with van der Waals surface area (Å²) in [7, 11) is 1.48. The molecule has 1 heterocycles. The van der Waals surface area contributed by atoms with Crippen molar-refractivity contribution in [2.24, 2.45) is 10.8 Å². The number of piperidine rings is 1. The first-order valence-electron chi connectivity index (χ1n) is 5.59. The molecule has 0 spiro atoms. The van der Waals surface area contributed by atoms with Gasteiger partial charge in [-0.05, 0) is 6.42 Å². The van der Waals surface area contributed by atoms with E-state index in [9.17, 15) is 4.79 Å². The summed E-state index contributed by atoms with van der Waals surface area (Å²) >= 11 is 0. The van der Waals surface area contributed by atoms with E-state index in [4.69, 9.17) is 4.74 Å². The van der Waals surface area contributed by atoms with Crippen LogP contribution in [0.1, 0.15) is 20.3 Å². The van der Waals surface area contributed by atoms with Gasteiger partial charge in [-0.2, -0.15) is 0 Å².